The number of rotatable bonds is 4. The van der Waals surface area contributed by atoms with Crippen LogP contribution >= 0.6 is 0 Å². The van der Waals surface area contributed by atoms with E-state index in [0.717, 1.165) is 6.54 Å². The summed E-state index contributed by atoms with van der Waals surface area (Å²) in [5.74, 6) is 0.0277. The van der Waals surface area contributed by atoms with Crippen molar-refractivity contribution in [1.82, 2.24) is 15.1 Å². The summed E-state index contributed by atoms with van der Waals surface area (Å²) in [6, 6.07) is 1.74. The molecule has 0 fully saturated rings. The van der Waals surface area contributed by atoms with Crippen molar-refractivity contribution in [3.8, 4) is 0 Å². The number of nitrogens with zero attached hydrogens (tertiary/aromatic N) is 2. The van der Waals surface area contributed by atoms with Gasteiger partial charge in [0.15, 0.2) is 0 Å². The first-order chi connectivity index (χ1) is 6.47. The van der Waals surface area contributed by atoms with Crippen LogP contribution in [0.3, 0.4) is 0 Å². The molecule has 1 N–H and O–H groups in total. The molecule has 1 rings (SSSR count). The lowest BCUT2D eigenvalue weighted by molar-refractivity contribution is 0.0878. The van der Waals surface area contributed by atoms with E-state index in [-0.39, 0.29) is 5.78 Å². The highest BCUT2D eigenvalue weighted by atomic mass is 16.1. The normalized spacial score (nSPS) is 11.7. The Labute approximate surface area is 84.3 Å². The van der Waals surface area contributed by atoms with Crippen LogP contribution in [-0.2, 0) is 7.05 Å². The number of Topliss-reactive ketones (excluding diaryl/α,β-unsaturated/α-hetero) is 1. The molecule has 0 aliphatic rings. The average molecular weight is 195 g/mol. The van der Waals surface area contributed by atoms with Crippen LogP contribution < -0.4 is 5.32 Å². The Morgan fingerprint density at radius 3 is 2.71 bits per heavy atom. The molecular formula is C10H17N3O. The van der Waals surface area contributed by atoms with Crippen LogP contribution in [0.1, 0.15) is 31.3 Å². The van der Waals surface area contributed by atoms with Crippen molar-refractivity contribution in [3.05, 3.63) is 18.0 Å². The molecule has 0 aromatic carbocycles. The summed E-state index contributed by atoms with van der Waals surface area (Å²) in [6.45, 7) is 6.49. The van der Waals surface area contributed by atoms with E-state index in [9.17, 15) is 4.79 Å². The van der Waals surface area contributed by atoms with Gasteiger partial charge in [-0.25, -0.2) is 0 Å². The molecule has 4 nitrogen and oxygen atoms in total. The van der Waals surface area contributed by atoms with E-state index in [1.54, 1.807) is 24.0 Å². The summed E-state index contributed by atoms with van der Waals surface area (Å²) in [4.78, 5) is 11.9. The molecule has 0 atom stereocenters. The van der Waals surface area contributed by atoms with Gasteiger partial charge in [-0.2, -0.15) is 5.10 Å². The lowest BCUT2D eigenvalue weighted by atomic mass is 9.97. The van der Waals surface area contributed by atoms with Gasteiger partial charge in [-0.3, -0.25) is 9.48 Å². The Morgan fingerprint density at radius 2 is 2.29 bits per heavy atom. The van der Waals surface area contributed by atoms with Gasteiger partial charge >= 0.3 is 0 Å². The molecule has 0 radical (unpaired) electrons. The third kappa shape index (κ3) is 2.20. The summed E-state index contributed by atoms with van der Waals surface area (Å²) in [5, 5.41) is 7.22. The van der Waals surface area contributed by atoms with Crippen LogP contribution in [-0.4, -0.2) is 27.6 Å². The van der Waals surface area contributed by atoms with Crippen LogP contribution in [0.15, 0.2) is 12.3 Å². The molecule has 0 aliphatic heterocycles. The molecule has 0 unspecified atom stereocenters. The van der Waals surface area contributed by atoms with Gasteiger partial charge in [0.05, 0.1) is 5.54 Å². The Balaban J connectivity index is 2.84. The van der Waals surface area contributed by atoms with Gasteiger partial charge in [-0.1, -0.05) is 6.92 Å². The fourth-order valence-electron chi connectivity index (χ4n) is 1.38. The first-order valence-electron chi connectivity index (χ1n) is 4.77. The standard InChI is InChI=1S/C10H17N3O/c1-5-11-10(2,3)9(14)8-6-7-13(4)12-8/h6-7,11H,5H2,1-4H3. The molecule has 14 heavy (non-hydrogen) atoms. The number of carbonyl (C=O) groups is 1. The van der Waals surface area contributed by atoms with Gasteiger partial charge < -0.3 is 5.32 Å². The zero-order valence-electron chi connectivity index (χ0n) is 9.16. The fourth-order valence-corrected chi connectivity index (χ4v) is 1.38. The molecule has 1 heterocycles. The van der Waals surface area contributed by atoms with Crippen LogP contribution in [0.4, 0.5) is 0 Å². The molecule has 4 heteroatoms. The van der Waals surface area contributed by atoms with Crippen LogP contribution in [0.25, 0.3) is 0 Å². The maximum absolute atomic E-state index is 11.9. The van der Waals surface area contributed by atoms with Crippen molar-refractivity contribution in [2.45, 2.75) is 26.3 Å². The molecule has 1 aromatic rings. The van der Waals surface area contributed by atoms with Gasteiger partial charge in [-0.15, -0.1) is 0 Å². The van der Waals surface area contributed by atoms with E-state index >= 15 is 0 Å². The maximum Gasteiger partial charge on any atom is 0.202 e. The number of nitrogens with one attached hydrogen (secondary N) is 1. The van der Waals surface area contributed by atoms with Crippen molar-refractivity contribution in [3.63, 3.8) is 0 Å². The van der Waals surface area contributed by atoms with Crippen molar-refractivity contribution in [2.24, 2.45) is 7.05 Å². The van der Waals surface area contributed by atoms with Crippen molar-refractivity contribution >= 4 is 5.78 Å². The smallest absolute Gasteiger partial charge is 0.202 e. The Kier molecular flexibility index (Phi) is 3.06. The number of hydrogen-bond donors (Lipinski definition) is 1. The predicted octanol–water partition coefficient (Wildman–Crippen LogP) is 0.991. The lowest BCUT2D eigenvalue weighted by Crippen LogP contribution is -2.46. The monoisotopic (exact) mass is 195 g/mol. The molecule has 1 aromatic heterocycles. The molecule has 0 bridgehead atoms. The summed E-state index contributed by atoms with van der Waals surface area (Å²) >= 11 is 0. The minimum atomic E-state index is -0.539. The number of ketones is 1. The predicted molar refractivity (Wildman–Crippen MR) is 55.3 cm³/mol. The van der Waals surface area contributed by atoms with Crippen LogP contribution in [0.2, 0.25) is 0 Å². The Bertz CT molecular complexity index is 328. The Morgan fingerprint density at radius 1 is 1.64 bits per heavy atom. The molecule has 78 valence electrons. The van der Waals surface area contributed by atoms with Crippen LogP contribution in [0.5, 0.6) is 0 Å². The van der Waals surface area contributed by atoms with Gasteiger partial charge in [-0.05, 0) is 26.5 Å². The number of aromatic nitrogens is 2. The minimum Gasteiger partial charge on any atom is -0.305 e. The van der Waals surface area contributed by atoms with E-state index < -0.39 is 5.54 Å². The second-order valence-corrected chi connectivity index (χ2v) is 3.86. The average Bonchev–Trinajstić information content (AvgIpc) is 2.50. The number of carbonyl (C=O) groups excluding carboxylic acids is 1. The van der Waals surface area contributed by atoms with E-state index in [1.165, 1.54) is 0 Å². The second kappa shape index (κ2) is 3.92. The van der Waals surface area contributed by atoms with Gasteiger partial charge in [0.1, 0.15) is 5.69 Å². The van der Waals surface area contributed by atoms with Gasteiger partial charge in [0.25, 0.3) is 0 Å². The summed E-state index contributed by atoms with van der Waals surface area (Å²) < 4.78 is 1.63. The third-order valence-corrected chi connectivity index (χ3v) is 2.13. The molecule has 0 saturated carbocycles. The second-order valence-electron chi connectivity index (χ2n) is 3.86. The number of aryl methyl sites for hydroxylation is 1. The topological polar surface area (TPSA) is 46.9 Å². The van der Waals surface area contributed by atoms with E-state index in [1.807, 2.05) is 20.8 Å². The first-order valence-corrected chi connectivity index (χ1v) is 4.77. The molecule has 0 saturated heterocycles. The Hall–Kier alpha value is -1.16. The molecule has 0 amide bonds. The molecular weight excluding hydrogens is 178 g/mol. The summed E-state index contributed by atoms with van der Waals surface area (Å²) in [5.41, 5.74) is -0.0261. The lowest BCUT2D eigenvalue weighted by Gasteiger charge is -2.22. The van der Waals surface area contributed by atoms with Gasteiger partial charge in [0.2, 0.25) is 5.78 Å². The largest absolute Gasteiger partial charge is 0.305 e. The molecule has 0 aliphatic carbocycles. The number of likely N-dealkylation sites (N-methyl/N-ethyl adjacent to an activating group) is 1. The van der Waals surface area contributed by atoms with E-state index in [4.69, 9.17) is 0 Å². The zero-order chi connectivity index (χ0) is 10.8. The van der Waals surface area contributed by atoms with Gasteiger partial charge in [0, 0.05) is 13.2 Å². The highest BCUT2D eigenvalue weighted by Gasteiger charge is 2.28. The molecule has 0 spiro atoms. The van der Waals surface area contributed by atoms with Crippen molar-refractivity contribution in [1.29, 1.82) is 0 Å². The van der Waals surface area contributed by atoms with Crippen molar-refractivity contribution in [2.75, 3.05) is 6.54 Å². The summed E-state index contributed by atoms with van der Waals surface area (Å²) in [7, 11) is 1.80. The SMILES string of the molecule is CCNC(C)(C)C(=O)c1ccn(C)n1. The van der Waals surface area contributed by atoms with E-state index in [0.29, 0.717) is 5.69 Å². The van der Waals surface area contributed by atoms with Crippen LogP contribution in [0, 0.1) is 0 Å². The number of hydrogen-bond acceptors (Lipinski definition) is 3. The van der Waals surface area contributed by atoms with E-state index in [2.05, 4.69) is 10.4 Å². The quantitative estimate of drug-likeness (QED) is 0.729. The third-order valence-electron chi connectivity index (χ3n) is 2.13. The maximum atomic E-state index is 11.9. The fraction of sp³-hybridized carbons (Fsp3) is 0.600. The highest BCUT2D eigenvalue weighted by Crippen LogP contribution is 2.10. The first kappa shape index (κ1) is 10.9. The van der Waals surface area contributed by atoms with Crippen molar-refractivity contribution < 1.29 is 4.79 Å². The highest BCUT2D eigenvalue weighted by molar-refractivity contribution is 6.01. The minimum absolute atomic E-state index is 0.0277. The zero-order valence-corrected chi connectivity index (χ0v) is 9.16. The summed E-state index contributed by atoms with van der Waals surface area (Å²) in [6.07, 6.45) is 1.77.